The summed E-state index contributed by atoms with van der Waals surface area (Å²) in [5.41, 5.74) is 0.737. The molecule has 0 aliphatic carbocycles. The number of hydrogen-bond donors (Lipinski definition) is 2. The third kappa shape index (κ3) is 5.82. The predicted molar refractivity (Wildman–Crippen MR) is 135 cm³/mol. The van der Waals surface area contributed by atoms with Crippen LogP contribution in [-0.4, -0.2) is 60.6 Å². The van der Waals surface area contributed by atoms with Crippen molar-refractivity contribution in [3.05, 3.63) is 59.2 Å². The van der Waals surface area contributed by atoms with E-state index in [1.54, 1.807) is 43.3 Å². The number of phenolic OH excluding ortho intramolecular Hbond substituents is 1. The fourth-order valence-corrected chi connectivity index (χ4v) is 4.41. The van der Waals surface area contributed by atoms with E-state index >= 15 is 0 Å². The molecule has 1 atom stereocenters. The van der Waals surface area contributed by atoms with E-state index in [9.17, 15) is 19.8 Å². The molecule has 3 rings (SSSR count). The summed E-state index contributed by atoms with van der Waals surface area (Å²) in [5.74, 6) is -1.20. The Morgan fingerprint density at radius 2 is 1.75 bits per heavy atom. The van der Waals surface area contributed by atoms with Crippen molar-refractivity contribution in [2.24, 2.45) is 0 Å². The summed E-state index contributed by atoms with van der Waals surface area (Å²) in [5, 5.41) is 23.8. The molecule has 1 fully saturated rings. The molecule has 0 radical (unpaired) electrons. The summed E-state index contributed by atoms with van der Waals surface area (Å²) in [4.78, 5) is 29.1. The number of likely N-dealkylation sites (tertiary alicyclic amines) is 1. The van der Waals surface area contributed by atoms with E-state index in [0.717, 1.165) is 13.1 Å². The number of amides is 1. The van der Waals surface area contributed by atoms with Crippen molar-refractivity contribution >= 4 is 17.4 Å². The Labute approximate surface area is 212 Å². The number of carbonyl (C=O) groups is 2. The zero-order valence-corrected chi connectivity index (χ0v) is 21.7. The van der Waals surface area contributed by atoms with Crippen molar-refractivity contribution in [1.29, 1.82) is 0 Å². The van der Waals surface area contributed by atoms with Gasteiger partial charge in [0.05, 0.1) is 44.9 Å². The number of likely N-dealkylation sites (N-methyl/N-ethyl adjacent to an activating group) is 1. The normalized spacial score (nSPS) is 17.3. The lowest BCUT2D eigenvalue weighted by Crippen LogP contribution is -3.12. The van der Waals surface area contributed by atoms with Crippen molar-refractivity contribution in [2.45, 2.75) is 46.8 Å². The molecule has 2 N–H and O–H groups in total. The van der Waals surface area contributed by atoms with Gasteiger partial charge in [-0.3, -0.25) is 9.59 Å². The number of benzene rings is 2. The minimum Gasteiger partial charge on any atom is -0.872 e. The highest BCUT2D eigenvalue weighted by Crippen LogP contribution is 2.41. The molecule has 8 nitrogen and oxygen atoms in total. The van der Waals surface area contributed by atoms with Gasteiger partial charge in [-0.2, -0.15) is 0 Å². The SMILES string of the molecule is CCOc1cc(C2/C(=C(\[O-])c3ccc(OC(C)C)cc3)C(=O)C(=O)N2CC[NH+](CC)CC)ccc1O. The molecule has 2 aromatic carbocycles. The van der Waals surface area contributed by atoms with E-state index in [1.807, 2.05) is 13.8 Å². The van der Waals surface area contributed by atoms with E-state index in [-0.39, 0.29) is 23.2 Å². The van der Waals surface area contributed by atoms with Crippen molar-refractivity contribution in [3.63, 3.8) is 0 Å². The average Bonchev–Trinajstić information content (AvgIpc) is 3.11. The first-order chi connectivity index (χ1) is 17.2. The number of hydrogen-bond acceptors (Lipinski definition) is 6. The van der Waals surface area contributed by atoms with Gasteiger partial charge in [0.15, 0.2) is 11.5 Å². The van der Waals surface area contributed by atoms with Crippen LogP contribution in [0.2, 0.25) is 0 Å². The van der Waals surface area contributed by atoms with Crippen molar-refractivity contribution in [1.82, 2.24) is 4.90 Å². The number of carbonyl (C=O) groups excluding carboxylic acids is 2. The number of ether oxygens (including phenoxy) is 2. The first-order valence-corrected chi connectivity index (χ1v) is 12.5. The number of rotatable bonds is 11. The first-order valence-electron chi connectivity index (χ1n) is 12.5. The van der Waals surface area contributed by atoms with Crippen LogP contribution in [0.15, 0.2) is 48.0 Å². The van der Waals surface area contributed by atoms with Crippen molar-refractivity contribution in [3.8, 4) is 17.2 Å². The Kier molecular flexibility index (Phi) is 8.98. The lowest BCUT2D eigenvalue weighted by molar-refractivity contribution is -0.895. The quantitative estimate of drug-likeness (QED) is 0.279. The number of Topliss-reactive ketones (excluding diaryl/α,β-unsaturated/α-hetero) is 1. The van der Waals surface area contributed by atoms with Gasteiger partial charge in [-0.05, 0) is 70.0 Å². The van der Waals surface area contributed by atoms with E-state index < -0.39 is 23.5 Å². The molecule has 1 aliphatic heterocycles. The highest BCUT2D eigenvalue weighted by Gasteiger charge is 2.44. The monoisotopic (exact) mass is 496 g/mol. The molecule has 8 heteroatoms. The average molecular weight is 497 g/mol. The van der Waals surface area contributed by atoms with Gasteiger partial charge in [0, 0.05) is 5.57 Å². The molecular weight excluding hydrogens is 460 g/mol. The third-order valence-corrected chi connectivity index (χ3v) is 6.32. The fraction of sp³-hybridized carbons (Fsp3) is 0.429. The number of nitrogens with zero attached hydrogens (tertiary/aromatic N) is 1. The summed E-state index contributed by atoms with van der Waals surface area (Å²) in [6.07, 6.45) is -0.0186. The van der Waals surface area contributed by atoms with Gasteiger partial charge in [0.2, 0.25) is 5.78 Å². The van der Waals surface area contributed by atoms with Gasteiger partial charge in [-0.15, -0.1) is 0 Å². The van der Waals surface area contributed by atoms with Crippen LogP contribution in [0.1, 0.15) is 51.8 Å². The van der Waals surface area contributed by atoms with Crippen molar-refractivity contribution < 1.29 is 34.2 Å². The molecular formula is C28H36N2O6. The van der Waals surface area contributed by atoms with Gasteiger partial charge < -0.3 is 29.5 Å². The van der Waals surface area contributed by atoms with Crippen LogP contribution in [0, 0.1) is 0 Å². The van der Waals surface area contributed by atoms with Crippen LogP contribution in [0.5, 0.6) is 17.2 Å². The molecule has 36 heavy (non-hydrogen) atoms. The van der Waals surface area contributed by atoms with E-state index in [0.29, 0.717) is 36.6 Å². The number of phenols is 1. The van der Waals surface area contributed by atoms with Gasteiger partial charge in [-0.25, -0.2) is 0 Å². The van der Waals surface area contributed by atoms with Gasteiger partial charge >= 0.3 is 0 Å². The minimum absolute atomic E-state index is 0.0186. The van der Waals surface area contributed by atoms with Crippen LogP contribution in [0.4, 0.5) is 0 Å². The Bertz CT molecular complexity index is 1110. The van der Waals surface area contributed by atoms with E-state index in [2.05, 4.69) is 13.8 Å². The highest BCUT2D eigenvalue weighted by molar-refractivity contribution is 6.46. The standard InChI is InChI=1S/C28H36N2O6/c1-6-29(7-2)15-16-30-25(20-11-14-22(31)23(17-20)35-8-3)24(27(33)28(30)34)26(32)19-9-12-21(13-10-19)36-18(4)5/h9-14,17-18,25,31-32H,6-8,15-16H2,1-5H3/b26-24+. The Morgan fingerprint density at radius 3 is 2.33 bits per heavy atom. The van der Waals surface area contributed by atoms with E-state index in [4.69, 9.17) is 9.47 Å². The van der Waals surface area contributed by atoms with E-state index in [1.165, 1.54) is 15.9 Å². The Morgan fingerprint density at radius 1 is 1.08 bits per heavy atom. The van der Waals surface area contributed by atoms with Crippen LogP contribution >= 0.6 is 0 Å². The number of nitrogens with one attached hydrogen (secondary N) is 1. The summed E-state index contributed by atoms with van der Waals surface area (Å²) in [7, 11) is 0. The van der Waals surface area contributed by atoms with Gasteiger partial charge in [0.1, 0.15) is 5.75 Å². The zero-order valence-electron chi connectivity index (χ0n) is 21.7. The summed E-state index contributed by atoms with van der Waals surface area (Å²) in [6, 6.07) is 10.4. The summed E-state index contributed by atoms with van der Waals surface area (Å²) < 4.78 is 11.2. The van der Waals surface area contributed by atoms with Crippen molar-refractivity contribution in [2.75, 3.05) is 32.8 Å². The molecule has 1 amide bonds. The number of quaternary nitrogens is 1. The van der Waals surface area contributed by atoms with Gasteiger partial charge in [0.25, 0.3) is 5.91 Å². The van der Waals surface area contributed by atoms with Crippen LogP contribution in [0.3, 0.4) is 0 Å². The molecule has 1 saturated heterocycles. The second-order valence-electron chi connectivity index (χ2n) is 9.03. The summed E-state index contributed by atoms with van der Waals surface area (Å²) in [6.45, 7) is 12.8. The minimum atomic E-state index is -0.876. The maximum Gasteiger partial charge on any atom is 0.295 e. The maximum atomic E-state index is 13.6. The van der Waals surface area contributed by atoms with Crippen LogP contribution < -0.4 is 19.5 Å². The summed E-state index contributed by atoms with van der Waals surface area (Å²) >= 11 is 0. The lowest BCUT2D eigenvalue weighted by atomic mass is 9.95. The second kappa shape index (κ2) is 11.9. The zero-order chi connectivity index (χ0) is 26.4. The molecule has 0 aromatic heterocycles. The molecule has 0 saturated carbocycles. The molecule has 2 aromatic rings. The molecule has 1 unspecified atom stereocenters. The Hall–Kier alpha value is -3.52. The second-order valence-corrected chi connectivity index (χ2v) is 9.03. The topological polar surface area (TPSA) is 104 Å². The van der Waals surface area contributed by atoms with Crippen LogP contribution in [0.25, 0.3) is 5.76 Å². The van der Waals surface area contributed by atoms with Crippen LogP contribution in [-0.2, 0) is 9.59 Å². The predicted octanol–water partition coefficient (Wildman–Crippen LogP) is 1.73. The number of aromatic hydroxyl groups is 1. The molecule has 194 valence electrons. The smallest absolute Gasteiger partial charge is 0.295 e. The Balaban J connectivity index is 2.10. The maximum absolute atomic E-state index is 13.6. The largest absolute Gasteiger partial charge is 0.872 e. The highest BCUT2D eigenvalue weighted by atomic mass is 16.5. The first kappa shape index (κ1) is 27.1. The fourth-order valence-electron chi connectivity index (χ4n) is 4.41. The molecule has 1 aliphatic rings. The molecule has 0 spiro atoms. The molecule has 1 heterocycles. The number of ketones is 1. The third-order valence-electron chi connectivity index (χ3n) is 6.32. The van der Waals surface area contributed by atoms with Gasteiger partial charge in [-0.1, -0.05) is 24.0 Å². The molecule has 0 bridgehead atoms. The lowest BCUT2D eigenvalue weighted by Gasteiger charge is -2.29.